The number of carbonyl (C=O) groups excluding carboxylic acids is 2. The Kier molecular flexibility index (Phi) is 8.58. The topological polar surface area (TPSA) is 123 Å². The van der Waals surface area contributed by atoms with Crippen LogP contribution >= 0.6 is 11.6 Å². The Hall–Kier alpha value is -2.86. The summed E-state index contributed by atoms with van der Waals surface area (Å²) in [6.45, 7) is 1.06. The first-order valence-electron chi connectivity index (χ1n) is 11.9. The van der Waals surface area contributed by atoms with Gasteiger partial charge in [0.2, 0.25) is 5.91 Å². The minimum atomic E-state index is -3.88. The van der Waals surface area contributed by atoms with Crippen LogP contribution in [0, 0.1) is 0 Å². The van der Waals surface area contributed by atoms with Gasteiger partial charge < -0.3 is 24.4 Å². The molecule has 0 spiro atoms. The summed E-state index contributed by atoms with van der Waals surface area (Å²) in [6.07, 6.45) is 0.794. The van der Waals surface area contributed by atoms with E-state index in [-0.39, 0.29) is 53.1 Å². The van der Waals surface area contributed by atoms with Gasteiger partial charge in [0.15, 0.2) is 0 Å². The van der Waals surface area contributed by atoms with Gasteiger partial charge in [-0.05, 0) is 55.3 Å². The lowest BCUT2D eigenvalue weighted by Crippen LogP contribution is -2.54. The Labute approximate surface area is 221 Å². The van der Waals surface area contributed by atoms with Crippen LogP contribution in [0.5, 0.6) is 5.75 Å². The van der Waals surface area contributed by atoms with Gasteiger partial charge in [-0.15, -0.1) is 0 Å². The number of anilines is 1. The quantitative estimate of drug-likeness (QED) is 0.483. The van der Waals surface area contributed by atoms with Crippen molar-refractivity contribution in [1.29, 1.82) is 0 Å². The molecule has 2 aromatic rings. The standard InChI is InChI=1S/C25H30ClN3O7S/c1-29-21-9-6-18(14-24(30)27-11-12-34-2)36-23(21)15-35-22-10-5-17(13-20(22)25(29)31)28-37(32,33)19-7-3-16(26)4-8-19/h3-5,7-8,10,13,18,21,23,28H,6,9,11-12,14-15H2,1-2H3,(H,27,30)/t18-,21+,23+/m0/s1. The molecule has 0 saturated carbocycles. The van der Waals surface area contributed by atoms with Crippen LogP contribution in [-0.4, -0.2) is 77.3 Å². The van der Waals surface area contributed by atoms with Crippen LogP contribution in [0.2, 0.25) is 5.02 Å². The number of ether oxygens (including phenoxy) is 3. The lowest BCUT2D eigenvalue weighted by molar-refractivity contribution is -0.134. The van der Waals surface area contributed by atoms with Crippen molar-refractivity contribution >= 4 is 39.1 Å². The van der Waals surface area contributed by atoms with Crippen molar-refractivity contribution in [1.82, 2.24) is 10.2 Å². The zero-order valence-electron chi connectivity index (χ0n) is 20.6. The molecule has 1 fully saturated rings. The molecule has 0 bridgehead atoms. The van der Waals surface area contributed by atoms with Gasteiger partial charge >= 0.3 is 0 Å². The van der Waals surface area contributed by atoms with Crippen LogP contribution in [0.3, 0.4) is 0 Å². The zero-order valence-corrected chi connectivity index (χ0v) is 22.2. The molecule has 0 aliphatic carbocycles. The van der Waals surface area contributed by atoms with Crippen molar-refractivity contribution < 1.29 is 32.2 Å². The highest BCUT2D eigenvalue weighted by molar-refractivity contribution is 7.92. The van der Waals surface area contributed by atoms with Gasteiger partial charge in [0, 0.05) is 31.4 Å². The largest absolute Gasteiger partial charge is 0.490 e. The van der Waals surface area contributed by atoms with Crippen molar-refractivity contribution in [3.8, 4) is 5.75 Å². The summed E-state index contributed by atoms with van der Waals surface area (Å²) < 4.78 is 45.1. The van der Waals surface area contributed by atoms with E-state index in [0.29, 0.717) is 36.8 Å². The van der Waals surface area contributed by atoms with Crippen molar-refractivity contribution in [2.24, 2.45) is 0 Å². The molecule has 12 heteroatoms. The number of likely N-dealkylation sites (N-methyl/N-ethyl adjacent to an activating group) is 1. The summed E-state index contributed by atoms with van der Waals surface area (Å²) in [4.78, 5) is 27.2. The number of rotatable bonds is 8. The molecule has 0 radical (unpaired) electrons. The molecule has 37 heavy (non-hydrogen) atoms. The van der Waals surface area contributed by atoms with Crippen LogP contribution in [0.1, 0.15) is 29.6 Å². The molecule has 2 heterocycles. The van der Waals surface area contributed by atoms with E-state index in [9.17, 15) is 18.0 Å². The number of nitrogens with zero attached hydrogens (tertiary/aromatic N) is 1. The molecule has 1 saturated heterocycles. The molecule has 2 aromatic carbocycles. The first kappa shape index (κ1) is 27.2. The predicted molar refractivity (Wildman–Crippen MR) is 137 cm³/mol. The molecule has 4 rings (SSSR count). The number of halogens is 1. The predicted octanol–water partition coefficient (Wildman–Crippen LogP) is 2.67. The number of nitrogens with one attached hydrogen (secondary N) is 2. The Morgan fingerprint density at radius 1 is 1.19 bits per heavy atom. The molecule has 2 aliphatic rings. The minimum Gasteiger partial charge on any atom is -0.490 e. The smallest absolute Gasteiger partial charge is 0.261 e. The average molecular weight is 552 g/mol. The van der Waals surface area contributed by atoms with Gasteiger partial charge in [0.05, 0.1) is 35.6 Å². The summed E-state index contributed by atoms with van der Waals surface area (Å²) >= 11 is 5.86. The second kappa shape index (κ2) is 11.7. The second-order valence-corrected chi connectivity index (χ2v) is 11.1. The van der Waals surface area contributed by atoms with E-state index in [2.05, 4.69) is 10.0 Å². The number of amides is 2. The van der Waals surface area contributed by atoms with Crippen LogP contribution in [-0.2, 0) is 24.3 Å². The Morgan fingerprint density at radius 3 is 2.68 bits per heavy atom. The number of benzene rings is 2. The SMILES string of the molecule is COCCNC(=O)C[C@@H]1CC[C@@H]2[C@@H](COc3ccc(NS(=O)(=O)c4ccc(Cl)cc4)cc3C(=O)N2C)O1. The lowest BCUT2D eigenvalue weighted by atomic mass is 9.94. The monoisotopic (exact) mass is 551 g/mol. The van der Waals surface area contributed by atoms with Crippen molar-refractivity contribution in [3.63, 3.8) is 0 Å². The molecular formula is C25H30ClN3O7S. The fourth-order valence-corrected chi connectivity index (χ4v) is 5.67. The van der Waals surface area contributed by atoms with E-state index in [1.54, 1.807) is 25.1 Å². The summed E-state index contributed by atoms with van der Waals surface area (Å²) in [5.74, 6) is -0.0972. The highest BCUT2D eigenvalue weighted by Crippen LogP contribution is 2.33. The number of hydrogen-bond donors (Lipinski definition) is 2. The van der Waals surface area contributed by atoms with Gasteiger partial charge in [-0.25, -0.2) is 8.42 Å². The number of carbonyl (C=O) groups is 2. The maximum Gasteiger partial charge on any atom is 0.261 e. The molecule has 0 aromatic heterocycles. The summed E-state index contributed by atoms with van der Waals surface area (Å²) in [6, 6.07) is 10.1. The van der Waals surface area contributed by atoms with E-state index >= 15 is 0 Å². The van der Waals surface area contributed by atoms with Crippen molar-refractivity contribution in [2.75, 3.05) is 38.6 Å². The van der Waals surface area contributed by atoms with E-state index in [4.69, 9.17) is 25.8 Å². The number of hydrogen-bond acceptors (Lipinski definition) is 7. The molecule has 0 unspecified atom stereocenters. The third-order valence-corrected chi connectivity index (χ3v) is 8.08. The molecule has 3 atom stereocenters. The maximum atomic E-state index is 13.4. The highest BCUT2D eigenvalue weighted by atomic mass is 35.5. The van der Waals surface area contributed by atoms with Crippen LogP contribution in [0.4, 0.5) is 5.69 Å². The van der Waals surface area contributed by atoms with Crippen LogP contribution in [0.15, 0.2) is 47.4 Å². The third-order valence-electron chi connectivity index (χ3n) is 6.43. The van der Waals surface area contributed by atoms with Crippen molar-refractivity contribution in [2.45, 2.75) is 42.4 Å². The van der Waals surface area contributed by atoms with Gasteiger partial charge in [-0.1, -0.05) is 11.6 Å². The molecule has 2 amide bonds. The Balaban J connectivity index is 1.47. The van der Waals surface area contributed by atoms with Gasteiger partial charge in [-0.2, -0.15) is 0 Å². The van der Waals surface area contributed by atoms with Gasteiger partial charge in [0.1, 0.15) is 18.5 Å². The van der Waals surface area contributed by atoms with Crippen molar-refractivity contribution in [3.05, 3.63) is 53.1 Å². The minimum absolute atomic E-state index is 0.0486. The fourth-order valence-electron chi connectivity index (χ4n) is 4.49. The van der Waals surface area contributed by atoms with Crippen LogP contribution < -0.4 is 14.8 Å². The molecule has 2 N–H and O–H groups in total. The lowest BCUT2D eigenvalue weighted by Gasteiger charge is -2.42. The fraction of sp³-hybridized carbons (Fsp3) is 0.440. The Bertz CT molecular complexity index is 1240. The molecular weight excluding hydrogens is 522 g/mol. The molecule has 2 aliphatic heterocycles. The first-order valence-corrected chi connectivity index (χ1v) is 13.8. The number of fused-ring (bicyclic) bond motifs is 2. The first-order chi connectivity index (χ1) is 17.7. The summed E-state index contributed by atoms with van der Waals surface area (Å²) in [5, 5.41) is 3.22. The third kappa shape index (κ3) is 6.53. The molecule has 10 nitrogen and oxygen atoms in total. The normalized spacial score (nSPS) is 21.6. The average Bonchev–Trinajstić information content (AvgIpc) is 2.87. The number of sulfonamides is 1. The number of methoxy groups -OCH3 is 1. The molecule has 200 valence electrons. The van der Waals surface area contributed by atoms with E-state index in [1.807, 2.05) is 0 Å². The van der Waals surface area contributed by atoms with E-state index in [1.165, 1.54) is 36.4 Å². The maximum absolute atomic E-state index is 13.4. The summed E-state index contributed by atoms with van der Waals surface area (Å²) in [5.41, 5.74) is 0.479. The van der Waals surface area contributed by atoms with E-state index in [0.717, 1.165) is 0 Å². The van der Waals surface area contributed by atoms with Gasteiger partial charge in [0.25, 0.3) is 15.9 Å². The van der Waals surface area contributed by atoms with E-state index < -0.39 is 16.1 Å². The van der Waals surface area contributed by atoms with Gasteiger partial charge in [-0.3, -0.25) is 14.3 Å². The summed E-state index contributed by atoms with van der Waals surface area (Å²) in [7, 11) is -0.614. The zero-order chi connectivity index (χ0) is 26.6. The van der Waals surface area contributed by atoms with Crippen LogP contribution in [0.25, 0.3) is 0 Å². The highest BCUT2D eigenvalue weighted by Gasteiger charge is 2.39. The second-order valence-electron chi connectivity index (χ2n) is 8.99. The Morgan fingerprint density at radius 2 is 1.95 bits per heavy atom.